The summed E-state index contributed by atoms with van der Waals surface area (Å²) in [5.74, 6) is 1.99. The maximum Gasteiger partial charge on any atom is 0.191 e. The highest BCUT2D eigenvalue weighted by Crippen LogP contribution is 2.21. The predicted molar refractivity (Wildman–Crippen MR) is 87.0 cm³/mol. The van der Waals surface area contributed by atoms with Crippen LogP contribution in [0.2, 0.25) is 0 Å². The maximum atomic E-state index is 5.40. The van der Waals surface area contributed by atoms with E-state index in [0.29, 0.717) is 0 Å². The lowest BCUT2D eigenvalue weighted by atomic mass is 10.2. The number of benzene rings is 1. The molecule has 22 heavy (non-hydrogen) atoms. The molecule has 5 nitrogen and oxygen atoms in total. The Morgan fingerprint density at radius 3 is 2.64 bits per heavy atom. The van der Waals surface area contributed by atoms with Crippen LogP contribution in [0.15, 0.2) is 29.4 Å². The number of rotatable bonds is 5. The van der Waals surface area contributed by atoms with Crippen LogP contribution < -0.4 is 4.90 Å². The van der Waals surface area contributed by atoms with Gasteiger partial charge in [-0.2, -0.15) is 0 Å². The third kappa shape index (κ3) is 3.88. The van der Waals surface area contributed by atoms with Crippen molar-refractivity contribution in [2.45, 2.75) is 24.4 Å². The van der Waals surface area contributed by atoms with Gasteiger partial charge in [-0.05, 0) is 12.5 Å². The summed E-state index contributed by atoms with van der Waals surface area (Å²) in [7, 11) is 2.06. The molecule has 1 saturated heterocycles. The van der Waals surface area contributed by atoms with Crippen molar-refractivity contribution in [3.05, 3.63) is 41.2 Å². The van der Waals surface area contributed by atoms with E-state index >= 15 is 0 Å². The number of aromatic nitrogens is 3. The predicted octanol–water partition coefficient (Wildman–Crippen LogP) is 0.831. The van der Waals surface area contributed by atoms with Gasteiger partial charge >= 0.3 is 0 Å². The summed E-state index contributed by atoms with van der Waals surface area (Å²) in [6.07, 6.45) is 0. The van der Waals surface area contributed by atoms with Gasteiger partial charge in [-0.3, -0.25) is 0 Å². The summed E-state index contributed by atoms with van der Waals surface area (Å²) < 4.78 is 7.53. The van der Waals surface area contributed by atoms with Crippen molar-refractivity contribution in [3.63, 3.8) is 0 Å². The fraction of sp³-hybridized carbons (Fsp3) is 0.500. The van der Waals surface area contributed by atoms with Crippen LogP contribution in [0.1, 0.15) is 17.0 Å². The van der Waals surface area contributed by atoms with E-state index in [2.05, 4.69) is 53.0 Å². The third-order valence-electron chi connectivity index (χ3n) is 4.02. The highest BCUT2D eigenvalue weighted by molar-refractivity contribution is 7.98. The van der Waals surface area contributed by atoms with Crippen LogP contribution in [0, 0.1) is 6.92 Å². The minimum atomic E-state index is 0.849. The highest BCUT2D eigenvalue weighted by Gasteiger charge is 2.18. The molecule has 0 radical (unpaired) electrons. The molecule has 2 heterocycles. The number of hydrogen-bond donors (Lipinski definition) is 1. The largest absolute Gasteiger partial charge is 0.370 e. The Bertz CT molecular complexity index is 605. The molecule has 0 bridgehead atoms. The van der Waals surface area contributed by atoms with Crippen molar-refractivity contribution in [1.82, 2.24) is 14.8 Å². The Morgan fingerprint density at radius 2 is 1.91 bits per heavy atom. The topological polar surface area (TPSA) is 44.4 Å². The summed E-state index contributed by atoms with van der Waals surface area (Å²) in [5, 5.41) is 9.70. The average Bonchev–Trinajstić information content (AvgIpc) is 2.88. The van der Waals surface area contributed by atoms with Crippen molar-refractivity contribution >= 4 is 11.8 Å². The van der Waals surface area contributed by atoms with Gasteiger partial charge in [0.1, 0.15) is 19.6 Å². The quantitative estimate of drug-likeness (QED) is 0.829. The van der Waals surface area contributed by atoms with Crippen LogP contribution in [0.3, 0.4) is 0 Å². The van der Waals surface area contributed by atoms with E-state index in [0.717, 1.165) is 49.6 Å². The van der Waals surface area contributed by atoms with E-state index in [1.165, 1.54) is 16.0 Å². The highest BCUT2D eigenvalue weighted by atomic mass is 32.2. The molecule has 0 atom stereocenters. The van der Waals surface area contributed by atoms with Crippen LogP contribution in [0.25, 0.3) is 0 Å². The fourth-order valence-electron chi connectivity index (χ4n) is 2.52. The lowest BCUT2D eigenvalue weighted by molar-refractivity contribution is -0.922. The van der Waals surface area contributed by atoms with Crippen LogP contribution in [0.4, 0.5) is 0 Å². The third-order valence-corrected chi connectivity index (χ3v) is 5.11. The van der Waals surface area contributed by atoms with Gasteiger partial charge in [0.25, 0.3) is 0 Å². The number of thioether (sulfide) groups is 1. The minimum Gasteiger partial charge on any atom is -0.370 e. The number of ether oxygens (including phenoxy) is 1. The Kier molecular flexibility index (Phi) is 5.12. The van der Waals surface area contributed by atoms with E-state index in [-0.39, 0.29) is 0 Å². The first-order valence-corrected chi connectivity index (χ1v) is 8.69. The van der Waals surface area contributed by atoms with Crippen molar-refractivity contribution in [2.24, 2.45) is 7.05 Å². The molecule has 1 aliphatic heterocycles. The second-order valence-electron chi connectivity index (χ2n) is 5.77. The van der Waals surface area contributed by atoms with Gasteiger partial charge in [0, 0.05) is 12.8 Å². The van der Waals surface area contributed by atoms with Gasteiger partial charge in [0.15, 0.2) is 11.0 Å². The Labute approximate surface area is 135 Å². The normalized spacial score (nSPS) is 16.1. The van der Waals surface area contributed by atoms with Crippen LogP contribution in [-0.2, 0) is 24.1 Å². The molecule has 3 rings (SSSR count). The first-order chi connectivity index (χ1) is 10.7. The number of hydrogen-bond acceptors (Lipinski definition) is 4. The smallest absolute Gasteiger partial charge is 0.191 e. The summed E-state index contributed by atoms with van der Waals surface area (Å²) >= 11 is 1.74. The molecule has 118 valence electrons. The standard InChI is InChI=1S/C16H22N4OS/c1-13-3-5-14(6-4-13)12-22-16-18-17-15(19(16)2)11-20-7-9-21-10-8-20/h3-6H,7-12H2,1-2H3/p+1. The average molecular weight is 319 g/mol. The van der Waals surface area contributed by atoms with Gasteiger partial charge in [0.2, 0.25) is 0 Å². The second kappa shape index (κ2) is 7.26. The molecule has 1 N–H and O–H groups in total. The van der Waals surface area contributed by atoms with Crippen LogP contribution in [-0.4, -0.2) is 41.1 Å². The maximum absolute atomic E-state index is 5.40. The minimum absolute atomic E-state index is 0.849. The van der Waals surface area contributed by atoms with E-state index in [1.54, 1.807) is 11.8 Å². The molecule has 0 saturated carbocycles. The Hall–Kier alpha value is -1.37. The lowest BCUT2D eigenvalue weighted by Crippen LogP contribution is -3.12. The van der Waals surface area contributed by atoms with E-state index in [4.69, 9.17) is 4.74 Å². The first-order valence-electron chi connectivity index (χ1n) is 7.70. The summed E-state index contributed by atoms with van der Waals surface area (Å²) in [6.45, 7) is 6.85. The molecule has 0 unspecified atom stereocenters. The fourth-order valence-corrected chi connectivity index (χ4v) is 3.40. The number of quaternary nitrogens is 1. The molecule has 1 aromatic heterocycles. The van der Waals surface area contributed by atoms with Gasteiger partial charge in [-0.25, -0.2) is 0 Å². The number of nitrogens with one attached hydrogen (secondary N) is 1. The zero-order chi connectivity index (χ0) is 15.4. The monoisotopic (exact) mass is 319 g/mol. The van der Waals surface area contributed by atoms with Crippen molar-refractivity contribution in [2.75, 3.05) is 26.3 Å². The Balaban J connectivity index is 1.59. The number of nitrogens with zero attached hydrogens (tertiary/aromatic N) is 3. The van der Waals surface area contributed by atoms with E-state index < -0.39 is 0 Å². The molecule has 0 spiro atoms. The number of aryl methyl sites for hydroxylation is 1. The van der Waals surface area contributed by atoms with E-state index in [1.807, 2.05) is 0 Å². The molecule has 1 aliphatic rings. The molecule has 1 fully saturated rings. The molecule has 1 aromatic carbocycles. The van der Waals surface area contributed by atoms with Crippen molar-refractivity contribution in [3.8, 4) is 0 Å². The molecule has 2 aromatic rings. The zero-order valence-electron chi connectivity index (χ0n) is 13.2. The van der Waals surface area contributed by atoms with Crippen molar-refractivity contribution in [1.29, 1.82) is 0 Å². The van der Waals surface area contributed by atoms with Gasteiger partial charge in [0.05, 0.1) is 13.2 Å². The molecular formula is C16H23N4OS+. The van der Waals surface area contributed by atoms with E-state index in [9.17, 15) is 0 Å². The molecular weight excluding hydrogens is 296 g/mol. The number of morpholine rings is 1. The molecule has 0 amide bonds. The summed E-state index contributed by atoms with van der Waals surface area (Å²) in [4.78, 5) is 1.52. The first kappa shape index (κ1) is 15.5. The van der Waals surface area contributed by atoms with Crippen LogP contribution in [0.5, 0.6) is 0 Å². The molecule has 6 heteroatoms. The SMILES string of the molecule is Cc1ccc(CSc2nnc(C[NH+]3CCOCC3)n2C)cc1. The van der Waals surface area contributed by atoms with Gasteiger partial charge in [-0.1, -0.05) is 41.6 Å². The zero-order valence-corrected chi connectivity index (χ0v) is 14.0. The molecule has 0 aliphatic carbocycles. The van der Waals surface area contributed by atoms with Crippen LogP contribution >= 0.6 is 11.8 Å². The Morgan fingerprint density at radius 1 is 1.18 bits per heavy atom. The lowest BCUT2D eigenvalue weighted by Gasteiger charge is -2.23. The van der Waals surface area contributed by atoms with Gasteiger partial charge in [-0.15, -0.1) is 10.2 Å². The summed E-state index contributed by atoms with van der Waals surface area (Å²) in [6, 6.07) is 8.66. The summed E-state index contributed by atoms with van der Waals surface area (Å²) in [5.41, 5.74) is 2.61. The van der Waals surface area contributed by atoms with Gasteiger partial charge < -0.3 is 14.2 Å². The second-order valence-corrected chi connectivity index (χ2v) is 6.71. The van der Waals surface area contributed by atoms with Crippen molar-refractivity contribution < 1.29 is 9.64 Å².